The summed E-state index contributed by atoms with van der Waals surface area (Å²) < 4.78 is 5.94. The Labute approximate surface area is 162 Å². The van der Waals surface area contributed by atoms with Gasteiger partial charge in [0.25, 0.3) is 0 Å². The summed E-state index contributed by atoms with van der Waals surface area (Å²) in [7, 11) is 0. The molecular formula is C24H30O3. The maximum Gasteiger partial charge on any atom is 0.335 e. The van der Waals surface area contributed by atoms with E-state index in [1.807, 2.05) is 12.1 Å². The summed E-state index contributed by atoms with van der Waals surface area (Å²) in [5.41, 5.74) is 5.00. The second-order valence-electron chi connectivity index (χ2n) is 7.50. The minimum absolute atomic E-state index is 0.354. The minimum Gasteiger partial charge on any atom is -0.494 e. The molecule has 0 saturated heterocycles. The molecule has 0 bridgehead atoms. The fourth-order valence-corrected chi connectivity index (χ4v) is 3.84. The number of carbonyl (C=O) groups is 1. The number of aromatic carboxylic acids is 1. The van der Waals surface area contributed by atoms with Crippen LogP contribution in [0.1, 0.15) is 79.8 Å². The molecule has 3 heteroatoms. The van der Waals surface area contributed by atoms with Gasteiger partial charge in [0.2, 0.25) is 0 Å². The molecule has 1 aliphatic carbocycles. The fourth-order valence-electron chi connectivity index (χ4n) is 3.84. The van der Waals surface area contributed by atoms with Crippen molar-refractivity contribution in [3.05, 3.63) is 53.1 Å². The van der Waals surface area contributed by atoms with Crippen molar-refractivity contribution >= 4 is 5.97 Å². The average molecular weight is 367 g/mol. The zero-order valence-electron chi connectivity index (χ0n) is 16.3. The normalized spacial score (nSPS) is 11.9. The summed E-state index contributed by atoms with van der Waals surface area (Å²) >= 11 is 0. The van der Waals surface area contributed by atoms with Crippen LogP contribution < -0.4 is 4.74 Å². The first kappa shape index (κ1) is 19.5. The molecule has 1 aliphatic rings. The SMILES string of the molecule is CCCCCCCCCCOc1ccc2c(c1)Cc1cc(C(=O)O)ccc1-2. The van der Waals surface area contributed by atoms with E-state index in [0.29, 0.717) is 5.56 Å². The Bertz CT molecular complexity index is 779. The highest BCUT2D eigenvalue weighted by Gasteiger charge is 2.20. The Morgan fingerprint density at radius 3 is 2.22 bits per heavy atom. The Morgan fingerprint density at radius 2 is 1.52 bits per heavy atom. The van der Waals surface area contributed by atoms with Crippen LogP contribution >= 0.6 is 0 Å². The van der Waals surface area contributed by atoms with E-state index < -0.39 is 5.97 Å². The molecule has 0 aromatic heterocycles. The van der Waals surface area contributed by atoms with Gasteiger partial charge < -0.3 is 9.84 Å². The quantitative estimate of drug-likeness (QED) is 0.395. The summed E-state index contributed by atoms with van der Waals surface area (Å²) in [6.07, 6.45) is 11.2. The molecule has 1 N–H and O–H groups in total. The average Bonchev–Trinajstić information content (AvgIpc) is 3.03. The Kier molecular flexibility index (Phi) is 6.92. The molecule has 2 aromatic rings. The molecule has 3 rings (SSSR count). The molecule has 27 heavy (non-hydrogen) atoms. The minimum atomic E-state index is -0.872. The van der Waals surface area contributed by atoms with Crippen LogP contribution in [0.25, 0.3) is 11.1 Å². The molecule has 0 unspecified atom stereocenters. The van der Waals surface area contributed by atoms with Gasteiger partial charge in [-0.25, -0.2) is 4.79 Å². The van der Waals surface area contributed by atoms with E-state index in [2.05, 4.69) is 19.1 Å². The van der Waals surface area contributed by atoms with Crippen LogP contribution in [-0.2, 0) is 6.42 Å². The molecule has 0 amide bonds. The topological polar surface area (TPSA) is 46.5 Å². The van der Waals surface area contributed by atoms with Crippen molar-refractivity contribution in [1.29, 1.82) is 0 Å². The smallest absolute Gasteiger partial charge is 0.335 e. The first-order valence-corrected chi connectivity index (χ1v) is 10.3. The van der Waals surface area contributed by atoms with Gasteiger partial charge >= 0.3 is 5.97 Å². The van der Waals surface area contributed by atoms with E-state index in [-0.39, 0.29) is 0 Å². The van der Waals surface area contributed by atoms with Gasteiger partial charge in [0.1, 0.15) is 5.75 Å². The van der Waals surface area contributed by atoms with Crippen LogP contribution in [0.2, 0.25) is 0 Å². The second kappa shape index (κ2) is 9.59. The maximum absolute atomic E-state index is 11.2. The largest absolute Gasteiger partial charge is 0.494 e. The van der Waals surface area contributed by atoms with E-state index >= 15 is 0 Å². The highest BCUT2D eigenvalue weighted by molar-refractivity contribution is 5.90. The van der Waals surface area contributed by atoms with Gasteiger partial charge in [0.15, 0.2) is 0 Å². The molecule has 0 spiro atoms. The summed E-state index contributed by atoms with van der Waals surface area (Å²) in [5.74, 6) is 0.0473. The predicted octanol–water partition coefficient (Wildman–Crippen LogP) is 6.48. The fraction of sp³-hybridized carbons (Fsp3) is 0.458. The van der Waals surface area contributed by atoms with Crippen LogP contribution in [0.4, 0.5) is 0 Å². The third-order valence-corrected chi connectivity index (χ3v) is 5.37. The van der Waals surface area contributed by atoms with Gasteiger partial charge in [-0.15, -0.1) is 0 Å². The number of hydrogen-bond donors (Lipinski definition) is 1. The van der Waals surface area contributed by atoms with Crippen LogP contribution in [0, 0.1) is 0 Å². The van der Waals surface area contributed by atoms with E-state index in [1.54, 1.807) is 12.1 Å². The van der Waals surface area contributed by atoms with Gasteiger partial charge in [-0.3, -0.25) is 0 Å². The highest BCUT2D eigenvalue weighted by atomic mass is 16.5. The van der Waals surface area contributed by atoms with Crippen LogP contribution in [0.15, 0.2) is 36.4 Å². The molecule has 0 fully saturated rings. The third kappa shape index (κ3) is 5.12. The first-order valence-electron chi connectivity index (χ1n) is 10.3. The molecule has 3 nitrogen and oxygen atoms in total. The Balaban J connectivity index is 1.45. The van der Waals surface area contributed by atoms with Crippen LogP contribution in [0.3, 0.4) is 0 Å². The third-order valence-electron chi connectivity index (χ3n) is 5.37. The number of rotatable bonds is 11. The lowest BCUT2D eigenvalue weighted by molar-refractivity contribution is 0.0697. The molecule has 144 valence electrons. The Hall–Kier alpha value is -2.29. The number of unbranched alkanes of at least 4 members (excludes halogenated alkanes) is 7. The molecule has 0 saturated carbocycles. The van der Waals surface area contributed by atoms with Gasteiger partial charge in [-0.2, -0.15) is 0 Å². The molecule has 0 aliphatic heterocycles. The van der Waals surface area contributed by atoms with Crippen molar-refractivity contribution in [2.75, 3.05) is 6.61 Å². The lowest BCUT2D eigenvalue weighted by atomic mass is 10.0. The van der Waals surface area contributed by atoms with Gasteiger partial charge in [0.05, 0.1) is 12.2 Å². The van der Waals surface area contributed by atoms with Crippen molar-refractivity contribution in [3.63, 3.8) is 0 Å². The van der Waals surface area contributed by atoms with E-state index in [9.17, 15) is 4.79 Å². The molecular weight excluding hydrogens is 336 g/mol. The van der Waals surface area contributed by atoms with Gasteiger partial charge in [-0.05, 0) is 59.4 Å². The molecule has 0 heterocycles. The monoisotopic (exact) mass is 366 g/mol. The summed E-state index contributed by atoms with van der Waals surface area (Å²) in [6, 6.07) is 11.6. The van der Waals surface area contributed by atoms with Crippen molar-refractivity contribution in [2.24, 2.45) is 0 Å². The molecule has 0 atom stereocenters. The predicted molar refractivity (Wildman–Crippen MR) is 110 cm³/mol. The van der Waals surface area contributed by atoms with E-state index in [4.69, 9.17) is 9.84 Å². The van der Waals surface area contributed by atoms with Gasteiger partial charge in [0, 0.05) is 0 Å². The van der Waals surface area contributed by atoms with Crippen molar-refractivity contribution in [1.82, 2.24) is 0 Å². The zero-order valence-corrected chi connectivity index (χ0v) is 16.3. The van der Waals surface area contributed by atoms with E-state index in [1.165, 1.54) is 56.1 Å². The second-order valence-corrected chi connectivity index (χ2v) is 7.50. The highest BCUT2D eigenvalue weighted by Crippen LogP contribution is 2.38. The summed E-state index contributed by atoms with van der Waals surface area (Å²) in [6.45, 7) is 3.02. The van der Waals surface area contributed by atoms with Gasteiger partial charge in [-0.1, -0.05) is 64.0 Å². The summed E-state index contributed by atoms with van der Waals surface area (Å²) in [4.78, 5) is 11.2. The standard InChI is InChI=1S/C24H30O3/c1-2-3-4-5-6-7-8-9-14-27-21-11-13-23-20(17-21)16-19-15-18(24(25)26)10-12-22(19)23/h10-13,15,17H,2-9,14,16H2,1H3,(H,25,26). The first-order chi connectivity index (χ1) is 13.2. The number of fused-ring (bicyclic) bond motifs is 3. The number of hydrogen-bond acceptors (Lipinski definition) is 2. The number of benzene rings is 2. The van der Waals surface area contributed by atoms with Crippen LogP contribution in [0.5, 0.6) is 5.75 Å². The van der Waals surface area contributed by atoms with Crippen molar-refractivity contribution in [2.45, 2.75) is 64.7 Å². The lowest BCUT2D eigenvalue weighted by Crippen LogP contribution is -1.98. The molecule has 0 radical (unpaired) electrons. The summed E-state index contributed by atoms with van der Waals surface area (Å²) in [5, 5.41) is 9.17. The van der Waals surface area contributed by atoms with Crippen molar-refractivity contribution in [3.8, 4) is 16.9 Å². The van der Waals surface area contributed by atoms with Crippen molar-refractivity contribution < 1.29 is 14.6 Å². The van der Waals surface area contributed by atoms with E-state index in [0.717, 1.165) is 36.3 Å². The number of carboxylic acid groups (broad SMARTS) is 1. The van der Waals surface area contributed by atoms with Crippen LogP contribution in [-0.4, -0.2) is 17.7 Å². The maximum atomic E-state index is 11.2. The molecule has 2 aromatic carbocycles. The number of carboxylic acids is 1. The lowest BCUT2D eigenvalue weighted by Gasteiger charge is -2.08. The zero-order chi connectivity index (χ0) is 19.1. The Morgan fingerprint density at radius 1 is 0.889 bits per heavy atom. The number of ether oxygens (including phenoxy) is 1.